The molecule has 2 rings (SSSR count). The Morgan fingerprint density at radius 3 is 2.88 bits per heavy atom. The molecule has 0 atom stereocenters. The summed E-state index contributed by atoms with van der Waals surface area (Å²) in [5.74, 6) is 6.16. The Hall–Kier alpha value is -3.27. The second-order valence-corrected chi connectivity index (χ2v) is 4.69. The van der Waals surface area contributed by atoms with Gasteiger partial charge in [-0.25, -0.2) is 9.78 Å². The normalized spacial score (nSPS) is 9.54. The number of nitrogen functional groups attached to an aromatic ring is 1. The summed E-state index contributed by atoms with van der Waals surface area (Å²) >= 11 is 0. The Balaban J connectivity index is 1.70. The van der Waals surface area contributed by atoms with E-state index in [9.17, 15) is 4.79 Å². The quantitative estimate of drug-likeness (QED) is 0.641. The topological polar surface area (TPSA) is 99.4 Å². The van der Waals surface area contributed by atoms with Crippen LogP contribution in [-0.4, -0.2) is 29.7 Å². The van der Waals surface area contributed by atoms with E-state index in [1.165, 1.54) is 13.3 Å². The number of methoxy groups -OCH3 is 1. The monoisotopic (exact) mass is 326 g/mol. The van der Waals surface area contributed by atoms with Gasteiger partial charge >= 0.3 is 6.09 Å². The minimum Gasteiger partial charge on any atom is -0.478 e. The van der Waals surface area contributed by atoms with Crippen LogP contribution in [0.4, 0.5) is 10.6 Å². The Bertz CT molecular complexity index is 738. The van der Waals surface area contributed by atoms with E-state index in [1.54, 1.807) is 0 Å². The Kier molecular flexibility index (Phi) is 6.41. The number of rotatable bonds is 5. The first-order chi connectivity index (χ1) is 11.7. The van der Waals surface area contributed by atoms with Crippen molar-refractivity contribution in [3.05, 3.63) is 47.8 Å². The van der Waals surface area contributed by atoms with Gasteiger partial charge in [0, 0.05) is 13.0 Å². The van der Waals surface area contributed by atoms with Gasteiger partial charge < -0.3 is 20.5 Å². The van der Waals surface area contributed by atoms with Crippen molar-refractivity contribution in [2.45, 2.75) is 13.0 Å². The Morgan fingerprint density at radius 1 is 1.33 bits per heavy atom. The maximum absolute atomic E-state index is 11.5. The van der Waals surface area contributed by atoms with E-state index in [2.05, 4.69) is 27.1 Å². The molecule has 7 nitrogen and oxygen atoms in total. The number of nitrogens with zero attached hydrogens (tertiary/aromatic N) is 2. The Morgan fingerprint density at radius 2 is 2.12 bits per heavy atom. The number of hydrogen-bond donors (Lipinski definition) is 2. The molecule has 1 heterocycles. The molecule has 0 aliphatic heterocycles. The maximum Gasteiger partial charge on any atom is 0.407 e. The first kappa shape index (κ1) is 17.1. The number of alkyl carbamates (subject to hydrolysis) is 1. The van der Waals surface area contributed by atoms with Crippen LogP contribution in [0.15, 0.2) is 36.5 Å². The van der Waals surface area contributed by atoms with E-state index in [0.29, 0.717) is 18.7 Å². The van der Waals surface area contributed by atoms with Gasteiger partial charge in [-0.3, -0.25) is 0 Å². The van der Waals surface area contributed by atoms with Crippen LogP contribution in [0.1, 0.15) is 17.7 Å². The molecular formula is C17H18N4O3. The summed E-state index contributed by atoms with van der Waals surface area (Å²) in [5, 5.41) is 2.63. The second kappa shape index (κ2) is 9.00. The van der Waals surface area contributed by atoms with Gasteiger partial charge in [-0.1, -0.05) is 36.3 Å². The van der Waals surface area contributed by atoms with Crippen LogP contribution in [0.25, 0.3) is 0 Å². The number of amides is 1. The van der Waals surface area contributed by atoms with Crippen molar-refractivity contribution in [1.29, 1.82) is 0 Å². The van der Waals surface area contributed by atoms with E-state index < -0.39 is 6.09 Å². The zero-order valence-corrected chi connectivity index (χ0v) is 13.3. The van der Waals surface area contributed by atoms with Gasteiger partial charge in [-0.15, -0.1) is 0 Å². The zero-order chi connectivity index (χ0) is 17.2. The van der Waals surface area contributed by atoms with Crippen molar-refractivity contribution in [1.82, 2.24) is 15.3 Å². The highest BCUT2D eigenvalue weighted by Crippen LogP contribution is 2.13. The first-order valence-electron chi connectivity index (χ1n) is 7.29. The minimum atomic E-state index is -0.477. The second-order valence-electron chi connectivity index (χ2n) is 4.69. The van der Waals surface area contributed by atoms with Crippen LogP contribution in [0.3, 0.4) is 0 Å². The van der Waals surface area contributed by atoms with Gasteiger partial charge in [0.15, 0.2) is 5.82 Å². The molecule has 7 heteroatoms. The van der Waals surface area contributed by atoms with E-state index in [1.807, 2.05) is 30.3 Å². The molecule has 0 bridgehead atoms. The van der Waals surface area contributed by atoms with Crippen LogP contribution in [0.5, 0.6) is 5.88 Å². The van der Waals surface area contributed by atoms with Crippen LogP contribution < -0.4 is 15.8 Å². The fraction of sp³-hybridized carbons (Fsp3) is 0.235. The fourth-order valence-corrected chi connectivity index (χ4v) is 1.75. The molecule has 0 fully saturated rings. The zero-order valence-electron chi connectivity index (χ0n) is 13.3. The van der Waals surface area contributed by atoms with Crippen molar-refractivity contribution in [3.8, 4) is 17.7 Å². The van der Waals surface area contributed by atoms with Crippen molar-refractivity contribution < 1.29 is 14.3 Å². The first-order valence-corrected chi connectivity index (χ1v) is 7.29. The minimum absolute atomic E-state index is 0.214. The summed E-state index contributed by atoms with van der Waals surface area (Å²) in [6.07, 6.45) is 1.44. The SMILES string of the molecule is COc1nc(C#CCCNC(=O)OCc2ccccc2)cnc1N. The van der Waals surface area contributed by atoms with Gasteiger partial charge in [-0.2, -0.15) is 4.98 Å². The van der Waals surface area contributed by atoms with Crippen LogP contribution in [-0.2, 0) is 11.3 Å². The number of carbonyl (C=O) groups excluding carboxylic acids is 1. The third kappa shape index (κ3) is 5.50. The lowest BCUT2D eigenvalue weighted by atomic mass is 10.2. The average molecular weight is 326 g/mol. The molecule has 1 amide bonds. The third-order valence-electron chi connectivity index (χ3n) is 2.91. The fourth-order valence-electron chi connectivity index (χ4n) is 1.75. The molecule has 1 aromatic heterocycles. The Labute approximate surface area is 140 Å². The number of benzene rings is 1. The van der Waals surface area contributed by atoms with Crippen LogP contribution in [0, 0.1) is 11.8 Å². The van der Waals surface area contributed by atoms with Gasteiger partial charge in [0.25, 0.3) is 5.88 Å². The van der Waals surface area contributed by atoms with Crippen molar-refractivity contribution in [2.24, 2.45) is 0 Å². The van der Waals surface area contributed by atoms with Gasteiger partial charge in [-0.05, 0) is 11.5 Å². The molecule has 3 N–H and O–H groups in total. The number of carbonyl (C=O) groups is 1. The molecule has 24 heavy (non-hydrogen) atoms. The van der Waals surface area contributed by atoms with Crippen molar-refractivity contribution in [2.75, 3.05) is 19.4 Å². The number of nitrogens with two attached hydrogens (primary N) is 1. The highest BCUT2D eigenvalue weighted by molar-refractivity contribution is 5.67. The molecule has 0 radical (unpaired) electrons. The lowest BCUT2D eigenvalue weighted by molar-refractivity contribution is 0.140. The van der Waals surface area contributed by atoms with E-state index >= 15 is 0 Å². The van der Waals surface area contributed by atoms with E-state index in [0.717, 1.165) is 5.56 Å². The summed E-state index contributed by atoms with van der Waals surface area (Å²) in [7, 11) is 1.46. The molecule has 2 aromatic rings. The summed E-state index contributed by atoms with van der Waals surface area (Å²) < 4.78 is 10.1. The molecule has 0 saturated carbocycles. The van der Waals surface area contributed by atoms with Crippen molar-refractivity contribution in [3.63, 3.8) is 0 Å². The molecule has 0 aliphatic carbocycles. The molecule has 0 unspecified atom stereocenters. The van der Waals surface area contributed by atoms with E-state index in [-0.39, 0.29) is 18.3 Å². The highest BCUT2D eigenvalue weighted by Gasteiger charge is 2.02. The molecule has 0 spiro atoms. The smallest absolute Gasteiger partial charge is 0.407 e. The molecule has 1 aromatic carbocycles. The summed E-state index contributed by atoms with van der Waals surface area (Å²) in [6.45, 7) is 0.610. The standard InChI is InChI=1S/C17H18N4O3/c1-23-16-15(18)20-11-14(21-16)9-5-6-10-19-17(22)24-12-13-7-3-2-4-8-13/h2-4,7-8,11H,6,10,12H2,1H3,(H2,18,20)(H,19,22). The van der Waals surface area contributed by atoms with Crippen LogP contribution >= 0.6 is 0 Å². The lowest BCUT2D eigenvalue weighted by Crippen LogP contribution is -2.24. The largest absolute Gasteiger partial charge is 0.478 e. The van der Waals surface area contributed by atoms with Crippen molar-refractivity contribution >= 4 is 11.9 Å². The van der Waals surface area contributed by atoms with Gasteiger partial charge in [0.2, 0.25) is 0 Å². The third-order valence-corrected chi connectivity index (χ3v) is 2.91. The highest BCUT2D eigenvalue weighted by atomic mass is 16.5. The van der Waals surface area contributed by atoms with E-state index in [4.69, 9.17) is 15.2 Å². The summed E-state index contributed by atoms with van der Waals surface area (Å²) in [5.41, 5.74) is 6.96. The lowest BCUT2D eigenvalue weighted by Gasteiger charge is -2.05. The number of hydrogen-bond acceptors (Lipinski definition) is 6. The number of anilines is 1. The maximum atomic E-state index is 11.5. The number of nitrogens with one attached hydrogen (secondary N) is 1. The predicted molar refractivity (Wildman–Crippen MR) is 89.1 cm³/mol. The summed E-state index contributed by atoms with van der Waals surface area (Å²) in [4.78, 5) is 19.6. The predicted octanol–water partition coefficient (Wildman–Crippen LogP) is 1.74. The summed E-state index contributed by atoms with van der Waals surface area (Å²) in [6, 6.07) is 9.47. The van der Waals surface area contributed by atoms with Crippen LogP contribution in [0.2, 0.25) is 0 Å². The molecule has 0 aliphatic rings. The van der Waals surface area contributed by atoms with Gasteiger partial charge in [0.1, 0.15) is 12.3 Å². The average Bonchev–Trinajstić information content (AvgIpc) is 2.62. The molecule has 0 saturated heterocycles. The number of aromatic nitrogens is 2. The van der Waals surface area contributed by atoms with Gasteiger partial charge in [0.05, 0.1) is 13.3 Å². The molecule has 124 valence electrons. The number of ether oxygens (including phenoxy) is 2. The molecular weight excluding hydrogens is 308 g/mol.